The van der Waals surface area contributed by atoms with Gasteiger partial charge in [0.05, 0.1) is 5.69 Å². The van der Waals surface area contributed by atoms with Gasteiger partial charge in [0.15, 0.2) is 12.2 Å². The first-order chi connectivity index (χ1) is 12.3. The molecular weight excluding hydrogens is 320 g/mol. The number of nitrogens with zero attached hydrogens (tertiary/aromatic N) is 6. The number of hydrogen-bond acceptors (Lipinski definition) is 6. The monoisotopic (exact) mass is 340 g/mol. The van der Waals surface area contributed by atoms with Crippen LogP contribution in [-0.4, -0.2) is 42.5 Å². The van der Waals surface area contributed by atoms with Crippen LogP contribution >= 0.6 is 0 Å². The van der Waals surface area contributed by atoms with E-state index in [-0.39, 0.29) is 5.56 Å². The van der Waals surface area contributed by atoms with Gasteiger partial charge in [-0.25, -0.2) is 14.3 Å². The average molecular weight is 340 g/mol. The zero-order valence-electron chi connectivity index (χ0n) is 13.9. The van der Waals surface area contributed by atoms with Crippen molar-refractivity contribution < 1.29 is 4.42 Å². The van der Waals surface area contributed by atoms with E-state index >= 15 is 0 Å². The maximum absolute atomic E-state index is 12.1. The maximum atomic E-state index is 12.1. The summed E-state index contributed by atoms with van der Waals surface area (Å²) in [5.74, 6) is 1.11. The lowest BCUT2D eigenvalue weighted by Crippen LogP contribution is -2.36. The van der Waals surface area contributed by atoms with Gasteiger partial charge in [0.25, 0.3) is 5.56 Å². The van der Waals surface area contributed by atoms with Crippen molar-refractivity contribution in [2.45, 2.75) is 25.9 Å². The quantitative estimate of drug-likeness (QED) is 0.697. The first-order valence-corrected chi connectivity index (χ1v) is 8.45. The smallest absolute Gasteiger partial charge is 0.266 e. The summed E-state index contributed by atoms with van der Waals surface area (Å²) in [6.45, 7) is 3.44. The molecule has 3 aromatic rings. The first kappa shape index (κ1) is 15.8. The fourth-order valence-corrected chi connectivity index (χ4v) is 3.21. The second kappa shape index (κ2) is 7.02. The van der Waals surface area contributed by atoms with Gasteiger partial charge in [-0.1, -0.05) is 0 Å². The molecule has 0 atom stereocenters. The lowest BCUT2D eigenvalue weighted by atomic mass is 9.97. The minimum absolute atomic E-state index is 0.0686. The Balaban J connectivity index is 1.38. The largest absolute Gasteiger partial charge is 0.451 e. The molecule has 0 radical (unpaired) electrons. The molecule has 25 heavy (non-hydrogen) atoms. The Hall–Kier alpha value is -2.74. The van der Waals surface area contributed by atoms with Crippen LogP contribution < -0.4 is 5.56 Å². The summed E-state index contributed by atoms with van der Waals surface area (Å²) in [6, 6.07) is 5.10. The Kier molecular flexibility index (Phi) is 4.43. The highest BCUT2D eigenvalue weighted by Gasteiger charge is 2.21. The van der Waals surface area contributed by atoms with Crippen molar-refractivity contribution in [3.8, 4) is 5.82 Å². The number of rotatable bonds is 5. The van der Waals surface area contributed by atoms with Crippen LogP contribution in [0.2, 0.25) is 0 Å². The molecule has 4 rings (SSSR count). The second-order valence-corrected chi connectivity index (χ2v) is 6.36. The van der Waals surface area contributed by atoms with Gasteiger partial charge in [-0.05, 0) is 44.0 Å². The van der Waals surface area contributed by atoms with Crippen LogP contribution in [0.4, 0.5) is 0 Å². The van der Waals surface area contributed by atoms with Crippen molar-refractivity contribution in [2.24, 2.45) is 5.92 Å². The van der Waals surface area contributed by atoms with E-state index in [1.54, 1.807) is 34.0 Å². The average Bonchev–Trinajstić information content (AvgIpc) is 3.32. The molecule has 0 amide bonds. The van der Waals surface area contributed by atoms with E-state index in [1.165, 1.54) is 6.39 Å². The number of oxazole rings is 1. The lowest BCUT2D eigenvalue weighted by molar-refractivity contribution is 0.162. The molecule has 8 nitrogen and oxygen atoms in total. The summed E-state index contributed by atoms with van der Waals surface area (Å²) in [4.78, 5) is 18.7. The highest BCUT2D eigenvalue weighted by Crippen LogP contribution is 2.19. The Bertz CT molecular complexity index is 848. The van der Waals surface area contributed by atoms with Gasteiger partial charge in [0.2, 0.25) is 0 Å². The van der Waals surface area contributed by atoms with E-state index in [2.05, 4.69) is 20.1 Å². The summed E-state index contributed by atoms with van der Waals surface area (Å²) in [5, 5.41) is 8.63. The predicted molar refractivity (Wildman–Crippen MR) is 90.1 cm³/mol. The molecule has 0 unspecified atom stereocenters. The predicted octanol–water partition coefficient (Wildman–Crippen LogP) is 1.33. The zero-order valence-corrected chi connectivity index (χ0v) is 13.9. The van der Waals surface area contributed by atoms with E-state index in [9.17, 15) is 4.79 Å². The van der Waals surface area contributed by atoms with E-state index in [0.29, 0.717) is 18.3 Å². The van der Waals surface area contributed by atoms with Crippen LogP contribution in [-0.2, 0) is 13.1 Å². The molecule has 0 aromatic carbocycles. The maximum Gasteiger partial charge on any atom is 0.266 e. The fraction of sp³-hybridized carbons (Fsp3) is 0.412. The Morgan fingerprint density at radius 3 is 2.84 bits per heavy atom. The molecular formula is C17H20N6O2. The van der Waals surface area contributed by atoms with Gasteiger partial charge in [0.1, 0.15) is 6.26 Å². The van der Waals surface area contributed by atoms with Crippen LogP contribution in [0, 0.1) is 5.92 Å². The van der Waals surface area contributed by atoms with E-state index in [1.807, 2.05) is 12.3 Å². The van der Waals surface area contributed by atoms with Gasteiger partial charge < -0.3 is 4.42 Å². The number of piperidine rings is 1. The molecule has 0 bridgehead atoms. The van der Waals surface area contributed by atoms with Gasteiger partial charge in [-0.15, -0.1) is 5.10 Å². The highest BCUT2D eigenvalue weighted by atomic mass is 16.3. The van der Waals surface area contributed by atoms with Crippen molar-refractivity contribution in [1.82, 2.24) is 29.4 Å². The van der Waals surface area contributed by atoms with Crippen LogP contribution in [0.3, 0.4) is 0 Å². The summed E-state index contributed by atoms with van der Waals surface area (Å²) in [6.07, 6.45) is 8.75. The van der Waals surface area contributed by atoms with Crippen molar-refractivity contribution in [3.63, 3.8) is 0 Å². The molecule has 0 N–H and O–H groups in total. The van der Waals surface area contributed by atoms with Crippen LogP contribution in [0.1, 0.15) is 18.5 Å². The number of hydrogen-bond donors (Lipinski definition) is 0. The lowest BCUT2D eigenvalue weighted by Gasteiger charge is -2.31. The van der Waals surface area contributed by atoms with E-state index in [0.717, 1.165) is 38.2 Å². The van der Waals surface area contributed by atoms with Crippen LogP contribution in [0.25, 0.3) is 5.82 Å². The minimum atomic E-state index is -0.0686. The topological polar surface area (TPSA) is 82.0 Å². The van der Waals surface area contributed by atoms with Crippen molar-refractivity contribution in [2.75, 3.05) is 13.1 Å². The third kappa shape index (κ3) is 3.69. The van der Waals surface area contributed by atoms with Crippen molar-refractivity contribution in [1.29, 1.82) is 0 Å². The first-order valence-electron chi connectivity index (χ1n) is 8.45. The molecule has 1 aliphatic heterocycles. The van der Waals surface area contributed by atoms with Gasteiger partial charge in [-0.3, -0.25) is 9.69 Å². The van der Waals surface area contributed by atoms with Crippen LogP contribution in [0.5, 0.6) is 0 Å². The molecule has 1 fully saturated rings. The molecule has 0 spiro atoms. The Morgan fingerprint density at radius 1 is 1.24 bits per heavy atom. The summed E-state index contributed by atoms with van der Waals surface area (Å²) in [5.41, 5.74) is 0.893. The standard InChI is InChI=1S/C17H20N6O2/c24-17-3-2-16(22-7-1-6-19-22)20-23(17)10-14-4-8-21(9-5-14)11-15-12-25-13-18-15/h1-3,6-7,12-14H,4-5,8-11H2. The second-order valence-electron chi connectivity index (χ2n) is 6.36. The Morgan fingerprint density at radius 2 is 2.12 bits per heavy atom. The SMILES string of the molecule is O=c1ccc(-n2cccn2)nn1CC1CCN(Cc2cocn2)CC1. The molecule has 0 saturated carbocycles. The van der Waals surface area contributed by atoms with E-state index < -0.39 is 0 Å². The number of likely N-dealkylation sites (tertiary alicyclic amines) is 1. The highest BCUT2D eigenvalue weighted by molar-refractivity contribution is 5.17. The normalized spacial score (nSPS) is 16.3. The molecule has 8 heteroatoms. The van der Waals surface area contributed by atoms with Crippen LogP contribution in [0.15, 0.2) is 52.5 Å². The summed E-state index contributed by atoms with van der Waals surface area (Å²) in [7, 11) is 0. The molecule has 0 aliphatic carbocycles. The summed E-state index contributed by atoms with van der Waals surface area (Å²) < 4.78 is 8.25. The zero-order chi connectivity index (χ0) is 17.1. The van der Waals surface area contributed by atoms with Gasteiger partial charge in [0, 0.05) is 31.5 Å². The van der Waals surface area contributed by atoms with E-state index in [4.69, 9.17) is 4.42 Å². The third-order valence-electron chi connectivity index (χ3n) is 4.60. The van der Waals surface area contributed by atoms with Gasteiger partial charge in [-0.2, -0.15) is 5.10 Å². The van der Waals surface area contributed by atoms with Gasteiger partial charge >= 0.3 is 0 Å². The molecule has 3 aromatic heterocycles. The minimum Gasteiger partial charge on any atom is -0.451 e. The molecule has 1 aliphatic rings. The molecule has 4 heterocycles. The molecule has 130 valence electrons. The van der Waals surface area contributed by atoms with Crippen molar-refractivity contribution in [3.05, 3.63) is 59.3 Å². The summed E-state index contributed by atoms with van der Waals surface area (Å²) >= 11 is 0. The van der Waals surface area contributed by atoms with Crippen molar-refractivity contribution >= 4 is 0 Å². The molecule has 1 saturated heterocycles. The Labute approximate surface area is 144 Å². The number of aromatic nitrogens is 5. The third-order valence-corrected chi connectivity index (χ3v) is 4.60. The fourth-order valence-electron chi connectivity index (χ4n) is 3.21.